The van der Waals surface area contributed by atoms with Gasteiger partial charge in [0.05, 0.1) is 0 Å². The van der Waals surface area contributed by atoms with Crippen molar-refractivity contribution >= 4 is 26.6 Å². The van der Waals surface area contributed by atoms with Gasteiger partial charge in [-0.05, 0) is 0 Å². The summed E-state index contributed by atoms with van der Waals surface area (Å²) in [4.78, 5) is 0. The molecule has 0 rings (SSSR count). The molecule has 0 saturated heterocycles. The molecule has 0 unspecified atom stereocenters. The quantitative estimate of drug-likeness (QED) is 0.695. The summed E-state index contributed by atoms with van der Waals surface area (Å²) in [7, 11) is 0. The number of hydrogen-bond donors (Lipinski definition) is 0. The van der Waals surface area contributed by atoms with Crippen molar-refractivity contribution in [1.82, 2.24) is 0 Å². The van der Waals surface area contributed by atoms with E-state index in [0.29, 0.717) is 0 Å². The van der Waals surface area contributed by atoms with E-state index in [1.165, 1.54) is 25.7 Å². The van der Waals surface area contributed by atoms with Gasteiger partial charge in [0.25, 0.3) is 0 Å². The summed E-state index contributed by atoms with van der Waals surface area (Å²) in [6.07, 6.45) is 5.54. The van der Waals surface area contributed by atoms with Crippen LogP contribution in [0.4, 0.5) is 0 Å². The second-order valence-electron chi connectivity index (χ2n) is 1.71. The van der Waals surface area contributed by atoms with Crippen molar-refractivity contribution in [2.75, 3.05) is 0 Å². The molecule has 0 aliphatic heterocycles. The molecule has 0 aromatic rings. The summed E-state index contributed by atoms with van der Waals surface area (Å²) < 4.78 is 0. The Balaban J connectivity index is 0. The maximum absolute atomic E-state index is 2.23. The number of rotatable bonds is 3. The Morgan fingerprint density at radius 3 is 1.29 bits per heavy atom. The third-order valence-corrected chi connectivity index (χ3v) is 0.957. The van der Waals surface area contributed by atoms with Crippen LogP contribution in [-0.2, 0) is 0 Å². The SMILES string of the molecule is CCCCCC.[PoH2]. The van der Waals surface area contributed by atoms with Crippen molar-refractivity contribution in [3.63, 3.8) is 0 Å². The van der Waals surface area contributed by atoms with Gasteiger partial charge in [-0.1, -0.05) is 39.5 Å². The van der Waals surface area contributed by atoms with Crippen LogP contribution in [0.1, 0.15) is 39.5 Å². The molecule has 0 radical (unpaired) electrons. The van der Waals surface area contributed by atoms with E-state index in [9.17, 15) is 0 Å². The van der Waals surface area contributed by atoms with E-state index in [0.717, 1.165) is 0 Å². The molecule has 0 aromatic heterocycles. The average molecular weight is 297 g/mol. The van der Waals surface area contributed by atoms with Crippen LogP contribution in [0.2, 0.25) is 0 Å². The van der Waals surface area contributed by atoms with Crippen molar-refractivity contribution in [3.8, 4) is 0 Å². The Morgan fingerprint density at radius 2 is 1.14 bits per heavy atom. The molecule has 7 heavy (non-hydrogen) atoms. The first-order valence-corrected chi connectivity index (χ1v) is 2.91. The molecule has 0 spiro atoms. The predicted molar refractivity (Wildman–Crippen MR) is 38.4 cm³/mol. The summed E-state index contributed by atoms with van der Waals surface area (Å²) >= 11 is 0. The molecule has 0 aliphatic carbocycles. The number of hydrogen-bond acceptors (Lipinski definition) is 0. The van der Waals surface area contributed by atoms with E-state index in [1.54, 1.807) is 0 Å². The second-order valence-corrected chi connectivity index (χ2v) is 1.71. The fourth-order valence-corrected chi connectivity index (χ4v) is 0.500. The molecule has 0 nitrogen and oxygen atoms in total. The van der Waals surface area contributed by atoms with Crippen LogP contribution in [0.25, 0.3) is 0 Å². The first kappa shape index (κ1) is 10.8. The Morgan fingerprint density at radius 1 is 0.857 bits per heavy atom. The van der Waals surface area contributed by atoms with Crippen LogP contribution >= 0.6 is 0 Å². The molecular formula is C6H16Po. The van der Waals surface area contributed by atoms with Crippen LogP contribution in [0.3, 0.4) is 0 Å². The van der Waals surface area contributed by atoms with E-state index in [2.05, 4.69) is 13.8 Å². The second kappa shape index (κ2) is 10.0. The first-order valence-electron chi connectivity index (χ1n) is 2.91. The monoisotopic (exact) mass is 297 g/mol. The van der Waals surface area contributed by atoms with Gasteiger partial charge in [-0.15, -0.1) is 0 Å². The van der Waals surface area contributed by atoms with Crippen LogP contribution in [0.5, 0.6) is 0 Å². The predicted octanol–water partition coefficient (Wildman–Crippen LogP) is 1.67. The molecule has 0 atom stereocenters. The minimum atomic E-state index is 0. The first-order chi connectivity index (χ1) is 2.91. The van der Waals surface area contributed by atoms with Gasteiger partial charge in [-0.3, -0.25) is 0 Å². The van der Waals surface area contributed by atoms with Gasteiger partial charge in [0, 0.05) is 0 Å². The zero-order chi connectivity index (χ0) is 4.83. The van der Waals surface area contributed by atoms with Crippen LogP contribution in [-0.4, -0.2) is 26.6 Å². The Hall–Kier alpha value is 0.896. The van der Waals surface area contributed by atoms with Crippen molar-refractivity contribution in [3.05, 3.63) is 0 Å². The van der Waals surface area contributed by atoms with E-state index >= 15 is 0 Å². The van der Waals surface area contributed by atoms with Crippen molar-refractivity contribution < 1.29 is 0 Å². The van der Waals surface area contributed by atoms with Crippen molar-refractivity contribution in [2.45, 2.75) is 39.5 Å². The molecule has 0 aliphatic rings. The van der Waals surface area contributed by atoms with Crippen molar-refractivity contribution in [1.29, 1.82) is 0 Å². The maximum atomic E-state index is 2.23. The van der Waals surface area contributed by atoms with E-state index in [4.69, 9.17) is 0 Å². The normalized spacial score (nSPS) is 7.71. The van der Waals surface area contributed by atoms with Crippen LogP contribution in [0, 0.1) is 0 Å². The van der Waals surface area contributed by atoms with E-state index < -0.39 is 0 Å². The molecular weight excluding hydrogens is 281 g/mol. The number of unbranched alkanes of at least 4 members (excludes halogenated alkanes) is 3. The summed E-state index contributed by atoms with van der Waals surface area (Å²) in [5.41, 5.74) is 0. The minimum absolute atomic E-state index is 0. The third kappa shape index (κ3) is 10.9. The van der Waals surface area contributed by atoms with Crippen LogP contribution in [0.15, 0.2) is 0 Å². The molecule has 0 heterocycles. The van der Waals surface area contributed by atoms with Gasteiger partial charge < -0.3 is 0 Å². The molecule has 0 saturated carbocycles. The standard InChI is InChI=1S/C6H14.Po.2H/c1-3-5-6-4-2;;;/h3-6H2,1-2H3;;;. The van der Waals surface area contributed by atoms with Gasteiger partial charge in [0.1, 0.15) is 0 Å². The Bertz CT molecular complexity index is 16.1. The Labute approximate surface area is 66.2 Å². The summed E-state index contributed by atoms with van der Waals surface area (Å²) in [6, 6.07) is 0. The summed E-state index contributed by atoms with van der Waals surface area (Å²) in [5, 5.41) is 0. The van der Waals surface area contributed by atoms with Crippen molar-refractivity contribution in [2.24, 2.45) is 0 Å². The van der Waals surface area contributed by atoms with Gasteiger partial charge in [0.15, 0.2) is 0 Å². The third-order valence-electron chi connectivity index (χ3n) is 0.957. The van der Waals surface area contributed by atoms with Gasteiger partial charge in [0.2, 0.25) is 0 Å². The zero-order valence-electron chi connectivity index (χ0n) is 5.33. The molecule has 0 aromatic carbocycles. The zero-order valence-corrected chi connectivity index (χ0v) is 9.22. The van der Waals surface area contributed by atoms with Gasteiger partial charge in [-0.2, -0.15) is 0 Å². The molecule has 0 N–H and O–H groups in total. The Kier molecular flexibility index (Phi) is 15.4. The fourth-order valence-electron chi connectivity index (χ4n) is 0.500. The summed E-state index contributed by atoms with van der Waals surface area (Å²) in [6.45, 7) is 4.46. The molecule has 0 amide bonds. The summed E-state index contributed by atoms with van der Waals surface area (Å²) in [5.74, 6) is 0. The van der Waals surface area contributed by atoms with Crippen LogP contribution < -0.4 is 0 Å². The molecule has 0 fully saturated rings. The molecule has 1 heteroatoms. The van der Waals surface area contributed by atoms with Gasteiger partial charge in [-0.25, -0.2) is 0 Å². The molecule has 0 bridgehead atoms. The average Bonchev–Trinajstić information content (AvgIpc) is 1.61. The van der Waals surface area contributed by atoms with Gasteiger partial charge >= 0.3 is 26.6 Å². The van der Waals surface area contributed by atoms with E-state index in [-0.39, 0.29) is 26.6 Å². The molecule has 46 valence electrons. The topological polar surface area (TPSA) is 0 Å². The fraction of sp³-hybridized carbons (Fsp3) is 1.00. The van der Waals surface area contributed by atoms with E-state index in [1.807, 2.05) is 0 Å².